The van der Waals surface area contributed by atoms with Crippen LogP contribution in [0, 0.1) is 12.8 Å². The average Bonchev–Trinajstić information content (AvgIpc) is 2.89. The van der Waals surface area contributed by atoms with E-state index < -0.39 is 12.6 Å². The third kappa shape index (κ3) is 6.35. The van der Waals surface area contributed by atoms with Gasteiger partial charge in [-0.1, -0.05) is 18.2 Å². The van der Waals surface area contributed by atoms with E-state index in [1.165, 1.54) is 0 Å². The van der Waals surface area contributed by atoms with Gasteiger partial charge in [0.2, 0.25) is 5.91 Å². The first-order chi connectivity index (χ1) is 17.5. The molecule has 36 heavy (non-hydrogen) atoms. The molecule has 0 spiro atoms. The van der Waals surface area contributed by atoms with Gasteiger partial charge < -0.3 is 10.1 Å². The number of carbonyl (C=O) groups excluding carboxylic acids is 2. The highest BCUT2D eigenvalue weighted by Crippen LogP contribution is 2.23. The van der Waals surface area contributed by atoms with Crippen LogP contribution < -0.4 is 15.5 Å². The molecule has 190 valence electrons. The summed E-state index contributed by atoms with van der Waals surface area (Å²) in [4.78, 5) is 31.2. The van der Waals surface area contributed by atoms with Crippen LogP contribution >= 0.6 is 0 Å². The van der Waals surface area contributed by atoms with Crippen molar-refractivity contribution in [3.63, 3.8) is 0 Å². The van der Waals surface area contributed by atoms with Gasteiger partial charge in [-0.3, -0.25) is 24.7 Å². The van der Waals surface area contributed by atoms with Crippen molar-refractivity contribution in [1.29, 1.82) is 0 Å². The number of carbonyl (C=O) groups is 2. The number of para-hydroxylation sites is 1. The van der Waals surface area contributed by atoms with E-state index in [-0.39, 0.29) is 30.8 Å². The summed E-state index contributed by atoms with van der Waals surface area (Å²) in [5.41, 5.74) is 4.99. The third-order valence-electron chi connectivity index (χ3n) is 6.57. The van der Waals surface area contributed by atoms with Crippen LogP contribution in [-0.2, 0) is 11.4 Å². The zero-order valence-electron chi connectivity index (χ0n) is 20.2. The number of benzene rings is 2. The molecule has 1 fully saturated rings. The van der Waals surface area contributed by atoms with Crippen LogP contribution in [0.2, 0.25) is 0 Å². The van der Waals surface area contributed by atoms with E-state index in [4.69, 9.17) is 9.94 Å². The molecule has 2 heterocycles. The SMILES string of the molecule is Cc1cc(COc2ccc(C(=O)N[C@@H]3CN(CCF)CC[C@H]3CC(=O)NO)cc2)c2ccccc2n1. The largest absolute Gasteiger partial charge is 0.489 e. The van der Waals surface area contributed by atoms with Crippen LogP contribution in [0.5, 0.6) is 5.75 Å². The molecule has 0 aliphatic carbocycles. The number of piperidine rings is 1. The zero-order valence-corrected chi connectivity index (χ0v) is 20.2. The van der Waals surface area contributed by atoms with Crippen molar-refractivity contribution in [1.82, 2.24) is 20.7 Å². The van der Waals surface area contributed by atoms with Crippen LogP contribution in [-0.4, -0.2) is 59.3 Å². The van der Waals surface area contributed by atoms with E-state index >= 15 is 0 Å². The van der Waals surface area contributed by atoms with Gasteiger partial charge in [-0.05, 0) is 62.2 Å². The van der Waals surface area contributed by atoms with Crippen LogP contribution in [0.15, 0.2) is 54.6 Å². The lowest BCUT2D eigenvalue weighted by atomic mass is 9.88. The molecule has 9 heteroatoms. The molecule has 1 aliphatic heterocycles. The van der Waals surface area contributed by atoms with Gasteiger partial charge >= 0.3 is 0 Å². The molecule has 0 radical (unpaired) electrons. The molecule has 8 nitrogen and oxygen atoms in total. The number of aryl methyl sites for hydroxylation is 1. The summed E-state index contributed by atoms with van der Waals surface area (Å²) in [7, 11) is 0. The molecule has 0 bridgehead atoms. The number of fused-ring (bicyclic) bond motifs is 1. The van der Waals surface area contributed by atoms with E-state index in [1.807, 2.05) is 42.2 Å². The monoisotopic (exact) mass is 494 g/mol. The van der Waals surface area contributed by atoms with Gasteiger partial charge in [0.15, 0.2) is 0 Å². The van der Waals surface area contributed by atoms with Crippen molar-refractivity contribution in [2.75, 3.05) is 26.3 Å². The number of ether oxygens (including phenoxy) is 1. The summed E-state index contributed by atoms with van der Waals surface area (Å²) in [6.07, 6.45) is 0.704. The Balaban J connectivity index is 1.40. The van der Waals surface area contributed by atoms with Gasteiger partial charge in [-0.25, -0.2) is 9.87 Å². The number of halogens is 1. The Hall–Kier alpha value is -3.56. The Labute approximate surface area is 209 Å². The van der Waals surface area contributed by atoms with Gasteiger partial charge in [-0.15, -0.1) is 0 Å². The Kier molecular flexibility index (Phi) is 8.45. The maximum atomic E-state index is 13.0. The number of hydroxylamine groups is 1. The van der Waals surface area contributed by atoms with Crippen molar-refractivity contribution in [2.45, 2.75) is 32.4 Å². The minimum absolute atomic E-state index is 0.0842. The normalized spacial score (nSPS) is 18.1. The molecular formula is C27H31FN4O4. The first-order valence-electron chi connectivity index (χ1n) is 12.1. The number of pyridine rings is 1. The fourth-order valence-electron chi connectivity index (χ4n) is 4.71. The zero-order chi connectivity index (χ0) is 25.5. The number of hydrogen-bond acceptors (Lipinski definition) is 6. The maximum absolute atomic E-state index is 13.0. The van der Waals surface area contributed by atoms with Crippen molar-refractivity contribution in [2.24, 2.45) is 5.92 Å². The molecular weight excluding hydrogens is 463 g/mol. The molecule has 2 atom stereocenters. The third-order valence-corrected chi connectivity index (χ3v) is 6.57. The predicted octanol–water partition coefficient (Wildman–Crippen LogP) is 3.41. The number of rotatable bonds is 9. The highest BCUT2D eigenvalue weighted by Gasteiger charge is 2.32. The second-order valence-electron chi connectivity index (χ2n) is 9.11. The van der Waals surface area contributed by atoms with Crippen LogP contribution in [0.1, 0.15) is 34.5 Å². The molecule has 0 unspecified atom stereocenters. The second-order valence-corrected chi connectivity index (χ2v) is 9.11. The molecule has 1 aromatic heterocycles. The van der Waals surface area contributed by atoms with E-state index in [2.05, 4.69) is 10.3 Å². The summed E-state index contributed by atoms with van der Waals surface area (Å²) in [6.45, 7) is 3.21. The Morgan fingerprint density at radius 3 is 2.72 bits per heavy atom. The minimum Gasteiger partial charge on any atom is -0.489 e. The Bertz CT molecular complexity index is 1200. The summed E-state index contributed by atoms with van der Waals surface area (Å²) < 4.78 is 18.8. The molecule has 3 N–H and O–H groups in total. The quantitative estimate of drug-likeness (QED) is 0.311. The fraction of sp³-hybridized carbons (Fsp3) is 0.370. The van der Waals surface area contributed by atoms with Gasteiger partial charge in [0, 0.05) is 47.8 Å². The van der Waals surface area contributed by atoms with E-state index in [1.54, 1.807) is 29.7 Å². The van der Waals surface area contributed by atoms with Crippen molar-refractivity contribution in [3.8, 4) is 5.75 Å². The smallest absolute Gasteiger partial charge is 0.251 e. The van der Waals surface area contributed by atoms with Crippen LogP contribution in [0.25, 0.3) is 10.9 Å². The molecule has 0 saturated carbocycles. The number of amides is 2. The topological polar surface area (TPSA) is 104 Å². The maximum Gasteiger partial charge on any atom is 0.251 e. The summed E-state index contributed by atoms with van der Waals surface area (Å²) in [5, 5.41) is 12.9. The Morgan fingerprint density at radius 2 is 1.97 bits per heavy atom. The summed E-state index contributed by atoms with van der Waals surface area (Å²) in [6, 6.07) is 16.5. The van der Waals surface area contributed by atoms with E-state index in [9.17, 15) is 14.0 Å². The van der Waals surface area contributed by atoms with Crippen LogP contribution in [0.3, 0.4) is 0 Å². The lowest BCUT2D eigenvalue weighted by Gasteiger charge is -2.38. The van der Waals surface area contributed by atoms with Gasteiger partial charge in [0.1, 0.15) is 19.0 Å². The summed E-state index contributed by atoms with van der Waals surface area (Å²) >= 11 is 0. The number of nitrogens with one attached hydrogen (secondary N) is 2. The van der Waals surface area contributed by atoms with E-state index in [0.29, 0.717) is 37.4 Å². The standard InChI is InChI=1S/C27H31FN4O4/c1-18-14-21(23-4-2-3-5-24(23)29-18)17-36-22-8-6-19(7-9-22)27(34)30-25-16-32(13-11-28)12-10-20(25)15-26(33)31-35/h2-9,14,20,25,35H,10-13,15-17H2,1H3,(H,30,34)(H,31,33)/t20-,25+/m0/s1. The highest BCUT2D eigenvalue weighted by molar-refractivity contribution is 5.94. The molecule has 3 aromatic rings. The van der Waals surface area contributed by atoms with Crippen molar-refractivity contribution < 1.29 is 23.9 Å². The number of nitrogens with zero attached hydrogens (tertiary/aromatic N) is 2. The first-order valence-corrected chi connectivity index (χ1v) is 12.1. The number of hydrogen-bond donors (Lipinski definition) is 3. The minimum atomic E-state index is -0.503. The lowest BCUT2D eigenvalue weighted by molar-refractivity contribution is -0.130. The first kappa shape index (κ1) is 25.5. The number of alkyl halides is 1. The Morgan fingerprint density at radius 1 is 1.19 bits per heavy atom. The van der Waals surface area contributed by atoms with Crippen molar-refractivity contribution >= 4 is 22.7 Å². The fourth-order valence-corrected chi connectivity index (χ4v) is 4.71. The van der Waals surface area contributed by atoms with E-state index in [0.717, 1.165) is 22.2 Å². The highest BCUT2D eigenvalue weighted by atomic mass is 19.1. The summed E-state index contributed by atoms with van der Waals surface area (Å²) in [5.74, 6) is -0.303. The van der Waals surface area contributed by atoms with Crippen LogP contribution in [0.4, 0.5) is 4.39 Å². The molecule has 2 amide bonds. The van der Waals surface area contributed by atoms with Crippen molar-refractivity contribution in [3.05, 3.63) is 71.4 Å². The average molecular weight is 495 g/mol. The van der Waals surface area contributed by atoms with Gasteiger partial charge in [0.05, 0.1) is 5.52 Å². The predicted molar refractivity (Wildman–Crippen MR) is 134 cm³/mol. The van der Waals surface area contributed by atoms with Gasteiger partial charge in [0.25, 0.3) is 5.91 Å². The molecule has 2 aromatic carbocycles. The van der Waals surface area contributed by atoms with Gasteiger partial charge in [-0.2, -0.15) is 0 Å². The lowest BCUT2D eigenvalue weighted by Crippen LogP contribution is -2.53. The molecule has 1 aliphatic rings. The number of aromatic nitrogens is 1. The molecule has 4 rings (SSSR count). The second kappa shape index (κ2) is 11.9. The molecule has 1 saturated heterocycles. The number of likely N-dealkylation sites (tertiary alicyclic amines) is 1.